The number of aromatic nitrogens is 2. The van der Waals surface area contributed by atoms with E-state index in [2.05, 4.69) is 52.1 Å². The second-order valence-electron chi connectivity index (χ2n) is 5.45. The summed E-state index contributed by atoms with van der Waals surface area (Å²) in [6.45, 7) is 0.800. The van der Waals surface area contributed by atoms with Gasteiger partial charge in [-0.1, -0.05) is 35.8 Å². The molecule has 0 aliphatic rings. The Morgan fingerprint density at radius 3 is 2.73 bits per heavy atom. The lowest BCUT2D eigenvalue weighted by atomic mass is 9.94. The predicted molar refractivity (Wildman–Crippen MR) is 90.4 cm³/mol. The summed E-state index contributed by atoms with van der Waals surface area (Å²) in [5.74, 6) is 0. The fourth-order valence-corrected chi connectivity index (χ4v) is 2.94. The van der Waals surface area contributed by atoms with Gasteiger partial charge in [-0.3, -0.25) is 4.98 Å². The average Bonchev–Trinajstić information content (AvgIpc) is 2.55. The number of hydrogen-bond donors (Lipinski definition) is 0. The van der Waals surface area contributed by atoms with Crippen LogP contribution < -0.4 is 10.0 Å². The summed E-state index contributed by atoms with van der Waals surface area (Å²) < 4.78 is 2.25. The van der Waals surface area contributed by atoms with Gasteiger partial charge >= 0.3 is 0 Å². The predicted octanol–water partition coefficient (Wildman–Crippen LogP) is 2.52. The van der Waals surface area contributed by atoms with Crippen molar-refractivity contribution < 1.29 is 4.57 Å². The number of nitrogens with zero attached hydrogens (tertiary/aromatic N) is 2. The third kappa shape index (κ3) is 2.25. The summed E-state index contributed by atoms with van der Waals surface area (Å²) >= 11 is 0. The van der Waals surface area contributed by atoms with E-state index in [1.165, 1.54) is 21.9 Å². The molecule has 0 aliphatic carbocycles. The zero-order chi connectivity index (χ0) is 14.9. The first-order valence-electron chi connectivity index (χ1n) is 7.31. The Balaban J connectivity index is 1.90. The molecule has 4 aromatic rings. The van der Waals surface area contributed by atoms with Gasteiger partial charge in [-0.2, -0.15) is 4.57 Å². The van der Waals surface area contributed by atoms with Crippen LogP contribution in [0.2, 0.25) is 0 Å². The number of hydrogen-bond acceptors (Lipinski definition) is 1. The van der Waals surface area contributed by atoms with Crippen molar-refractivity contribution >= 4 is 35.1 Å². The Bertz CT molecular complexity index is 979. The minimum absolute atomic E-state index is 0.799. The molecule has 2 heterocycles. The Labute approximate surface area is 130 Å². The van der Waals surface area contributed by atoms with E-state index < -0.39 is 0 Å². The van der Waals surface area contributed by atoms with E-state index in [1.807, 2.05) is 30.5 Å². The molecule has 0 amide bonds. The highest BCUT2D eigenvalue weighted by atomic mass is 14.9. The first kappa shape index (κ1) is 13.0. The minimum atomic E-state index is 0.799. The maximum Gasteiger partial charge on any atom is 0.213 e. The van der Waals surface area contributed by atoms with Crippen LogP contribution in [0.4, 0.5) is 0 Å². The van der Waals surface area contributed by atoms with Crippen molar-refractivity contribution in [3.63, 3.8) is 0 Å². The van der Waals surface area contributed by atoms with Gasteiger partial charge in [0.05, 0.1) is 10.9 Å². The maximum atomic E-state index is 5.88. The summed E-state index contributed by atoms with van der Waals surface area (Å²) in [4.78, 5) is 4.43. The first-order valence-corrected chi connectivity index (χ1v) is 7.31. The van der Waals surface area contributed by atoms with Crippen molar-refractivity contribution in [1.82, 2.24) is 4.98 Å². The molecule has 4 rings (SSSR count). The van der Waals surface area contributed by atoms with Crippen LogP contribution in [0.15, 0.2) is 73.1 Å². The maximum absolute atomic E-state index is 5.88. The molecule has 0 spiro atoms. The van der Waals surface area contributed by atoms with Crippen molar-refractivity contribution in [2.24, 2.45) is 0 Å². The summed E-state index contributed by atoms with van der Waals surface area (Å²) in [6.07, 6.45) is 3.94. The lowest BCUT2D eigenvalue weighted by Gasteiger charge is -2.05. The van der Waals surface area contributed by atoms with E-state index in [-0.39, 0.29) is 0 Å². The molecule has 0 saturated carbocycles. The molecule has 0 aliphatic heterocycles. The van der Waals surface area contributed by atoms with Crippen molar-refractivity contribution in [2.75, 3.05) is 0 Å². The molecule has 2 aromatic heterocycles. The molecule has 0 atom stereocenters. The van der Waals surface area contributed by atoms with Crippen molar-refractivity contribution in [2.45, 2.75) is 6.54 Å². The molecular weight excluding hydrogens is 267 g/mol. The second kappa shape index (κ2) is 5.26. The number of fused-ring (bicyclic) bond motifs is 3. The van der Waals surface area contributed by atoms with E-state index in [1.54, 1.807) is 0 Å². The fraction of sp³-hybridized carbons (Fsp3) is 0.0526. The SMILES string of the molecule is [B]c1cccc(C[n+]2cccc3c4cccnc4ccc32)c1. The molecule has 2 nitrogen and oxygen atoms in total. The van der Waals surface area contributed by atoms with Gasteiger partial charge < -0.3 is 0 Å². The molecule has 0 bridgehead atoms. The molecule has 0 fully saturated rings. The van der Waals surface area contributed by atoms with E-state index >= 15 is 0 Å². The highest BCUT2D eigenvalue weighted by Gasteiger charge is 2.11. The van der Waals surface area contributed by atoms with E-state index in [0.717, 1.165) is 17.5 Å². The molecule has 22 heavy (non-hydrogen) atoms. The second-order valence-corrected chi connectivity index (χ2v) is 5.45. The summed E-state index contributed by atoms with van der Waals surface area (Å²) in [5, 5.41) is 2.40. The molecule has 2 radical (unpaired) electrons. The number of pyridine rings is 2. The van der Waals surface area contributed by atoms with E-state index in [0.29, 0.717) is 0 Å². The molecule has 0 N–H and O–H groups in total. The Morgan fingerprint density at radius 2 is 1.82 bits per heavy atom. The monoisotopic (exact) mass is 281 g/mol. The number of benzene rings is 2. The van der Waals surface area contributed by atoms with Crippen LogP contribution in [-0.4, -0.2) is 12.8 Å². The summed E-state index contributed by atoms with van der Waals surface area (Å²) in [5.41, 5.74) is 4.22. The zero-order valence-corrected chi connectivity index (χ0v) is 12.1. The van der Waals surface area contributed by atoms with Gasteiger partial charge in [0.15, 0.2) is 12.7 Å². The first-order chi connectivity index (χ1) is 10.8. The van der Waals surface area contributed by atoms with Crippen molar-refractivity contribution in [1.29, 1.82) is 0 Å². The summed E-state index contributed by atoms with van der Waals surface area (Å²) in [7, 11) is 5.88. The lowest BCUT2D eigenvalue weighted by Crippen LogP contribution is -2.34. The molecule has 0 unspecified atom stereocenters. The molecule has 3 heteroatoms. The van der Waals surface area contributed by atoms with Gasteiger partial charge in [-0.15, -0.1) is 0 Å². The van der Waals surface area contributed by atoms with Crippen molar-refractivity contribution in [3.8, 4) is 0 Å². The Kier molecular flexibility index (Phi) is 3.12. The van der Waals surface area contributed by atoms with Crippen LogP contribution in [0, 0.1) is 0 Å². The molecule has 2 aromatic carbocycles. The van der Waals surface area contributed by atoms with Gasteiger partial charge in [0.1, 0.15) is 7.85 Å². The standard InChI is InChI=1S/C19H14BN2/c20-15-5-1-4-14(12-15)13-22-11-3-7-17-16-6-2-10-21-18(16)8-9-19(17)22/h1-12H,13H2/q+1. The van der Waals surface area contributed by atoms with E-state index in [4.69, 9.17) is 7.85 Å². The largest absolute Gasteiger partial charge is 0.256 e. The van der Waals surface area contributed by atoms with Crippen LogP contribution in [0.25, 0.3) is 21.8 Å². The van der Waals surface area contributed by atoms with Gasteiger partial charge in [0.25, 0.3) is 0 Å². The van der Waals surface area contributed by atoms with Crippen LogP contribution in [0.5, 0.6) is 0 Å². The van der Waals surface area contributed by atoms with Crippen LogP contribution in [-0.2, 0) is 6.54 Å². The molecule has 102 valence electrons. The summed E-state index contributed by atoms with van der Waals surface area (Å²) in [6, 6.07) is 20.6. The van der Waals surface area contributed by atoms with Crippen LogP contribution in [0.3, 0.4) is 0 Å². The van der Waals surface area contributed by atoms with Crippen LogP contribution >= 0.6 is 0 Å². The van der Waals surface area contributed by atoms with Crippen LogP contribution in [0.1, 0.15) is 5.56 Å². The molecular formula is C19H14BN2+. The van der Waals surface area contributed by atoms with Gasteiger partial charge in [0.2, 0.25) is 5.52 Å². The fourth-order valence-electron chi connectivity index (χ4n) is 2.94. The topological polar surface area (TPSA) is 16.8 Å². The quantitative estimate of drug-likeness (QED) is 0.313. The third-order valence-electron chi connectivity index (χ3n) is 3.95. The lowest BCUT2D eigenvalue weighted by molar-refractivity contribution is -0.662. The highest BCUT2D eigenvalue weighted by Crippen LogP contribution is 2.21. The van der Waals surface area contributed by atoms with Crippen molar-refractivity contribution in [3.05, 3.63) is 78.6 Å². The molecule has 0 saturated heterocycles. The Hall–Kier alpha value is -2.68. The third-order valence-corrected chi connectivity index (χ3v) is 3.95. The minimum Gasteiger partial charge on any atom is -0.256 e. The Morgan fingerprint density at radius 1 is 0.909 bits per heavy atom. The van der Waals surface area contributed by atoms with Gasteiger partial charge in [-0.25, -0.2) is 0 Å². The average molecular weight is 281 g/mol. The zero-order valence-electron chi connectivity index (χ0n) is 12.1. The van der Waals surface area contributed by atoms with E-state index in [9.17, 15) is 0 Å². The number of rotatable bonds is 2. The normalized spacial score (nSPS) is 11.1. The van der Waals surface area contributed by atoms with Gasteiger partial charge in [-0.05, 0) is 18.2 Å². The van der Waals surface area contributed by atoms with Gasteiger partial charge in [0, 0.05) is 29.3 Å². The highest BCUT2D eigenvalue weighted by molar-refractivity contribution is 6.32. The smallest absolute Gasteiger partial charge is 0.213 e.